The Bertz CT molecular complexity index is 533. The van der Waals surface area contributed by atoms with Crippen molar-refractivity contribution in [1.29, 1.82) is 0 Å². The molecule has 1 N–H and O–H groups in total. The largest absolute Gasteiger partial charge is 0.392 e. The van der Waals surface area contributed by atoms with E-state index >= 15 is 0 Å². The van der Waals surface area contributed by atoms with Gasteiger partial charge in [-0.15, -0.1) is 0 Å². The van der Waals surface area contributed by atoms with Crippen molar-refractivity contribution in [3.8, 4) is 0 Å². The summed E-state index contributed by atoms with van der Waals surface area (Å²) in [5.74, 6) is 0. The molecule has 0 radical (unpaired) electrons. The van der Waals surface area contributed by atoms with Crippen LogP contribution in [0.2, 0.25) is 5.02 Å². The van der Waals surface area contributed by atoms with E-state index in [0.29, 0.717) is 31.9 Å². The summed E-state index contributed by atoms with van der Waals surface area (Å²) in [5, 5.41) is 9.29. The Balaban J connectivity index is 2.98. The molecule has 5 nitrogen and oxygen atoms in total. The van der Waals surface area contributed by atoms with Gasteiger partial charge in [-0.25, -0.2) is 8.42 Å². The Hall–Kier alpha value is -0.660. The maximum absolute atomic E-state index is 12.5. The third-order valence-corrected chi connectivity index (χ3v) is 5.20. The molecule has 0 aliphatic carbocycles. The highest BCUT2D eigenvalue weighted by molar-refractivity contribution is 7.89. The van der Waals surface area contributed by atoms with Crippen LogP contribution in [0, 0.1) is 0 Å². The SMILES string of the molecule is CCOCCN(CC)S(=O)(=O)c1ccc(CO)c(Cl)c1. The lowest BCUT2D eigenvalue weighted by molar-refractivity contribution is 0.135. The molecule has 0 aromatic heterocycles. The highest BCUT2D eigenvalue weighted by Gasteiger charge is 2.23. The number of ether oxygens (including phenoxy) is 1. The molecule has 0 unspecified atom stereocenters. The Morgan fingerprint density at radius 2 is 2.05 bits per heavy atom. The van der Waals surface area contributed by atoms with Gasteiger partial charge < -0.3 is 9.84 Å². The van der Waals surface area contributed by atoms with Gasteiger partial charge in [0.1, 0.15) is 0 Å². The molecular weight excluding hydrogens is 302 g/mol. The minimum atomic E-state index is -3.59. The molecule has 114 valence electrons. The molecule has 1 rings (SSSR count). The fourth-order valence-corrected chi connectivity index (χ4v) is 3.49. The van der Waals surface area contributed by atoms with Gasteiger partial charge in [-0.2, -0.15) is 4.31 Å². The third kappa shape index (κ3) is 4.17. The normalized spacial score (nSPS) is 12.1. The van der Waals surface area contributed by atoms with Crippen molar-refractivity contribution in [3.63, 3.8) is 0 Å². The number of benzene rings is 1. The van der Waals surface area contributed by atoms with E-state index in [2.05, 4.69) is 0 Å². The van der Waals surface area contributed by atoms with E-state index in [-0.39, 0.29) is 16.5 Å². The van der Waals surface area contributed by atoms with Crippen molar-refractivity contribution in [2.45, 2.75) is 25.3 Å². The van der Waals surface area contributed by atoms with Gasteiger partial charge in [-0.05, 0) is 24.6 Å². The maximum Gasteiger partial charge on any atom is 0.243 e. The molecule has 0 aliphatic heterocycles. The number of hydrogen-bond donors (Lipinski definition) is 1. The fraction of sp³-hybridized carbons (Fsp3) is 0.538. The topological polar surface area (TPSA) is 66.8 Å². The number of likely N-dealkylation sites (N-methyl/N-ethyl adjacent to an activating group) is 1. The molecule has 20 heavy (non-hydrogen) atoms. The first-order chi connectivity index (χ1) is 9.47. The molecule has 0 spiro atoms. The zero-order valence-corrected chi connectivity index (χ0v) is 13.2. The number of aliphatic hydroxyl groups is 1. The highest BCUT2D eigenvalue weighted by Crippen LogP contribution is 2.23. The second-order valence-corrected chi connectivity index (χ2v) is 6.45. The predicted octanol–water partition coefficient (Wildman–Crippen LogP) is 1.88. The standard InChI is InChI=1S/C13H20ClNO4S/c1-3-15(7-8-19-4-2)20(17,18)12-6-5-11(10-16)13(14)9-12/h5-6,9,16H,3-4,7-8,10H2,1-2H3. The van der Waals surface area contributed by atoms with Crippen LogP contribution in [0.15, 0.2) is 23.1 Å². The van der Waals surface area contributed by atoms with Gasteiger partial charge in [0.15, 0.2) is 0 Å². The van der Waals surface area contributed by atoms with Gasteiger partial charge in [0.2, 0.25) is 10.0 Å². The monoisotopic (exact) mass is 321 g/mol. The van der Waals surface area contributed by atoms with E-state index in [1.54, 1.807) is 6.92 Å². The number of sulfonamides is 1. The first kappa shape index (κ1) is 17.4. The molecular formula is C13H20ClNO4S. The fourth-order valence-electron chi connectivity index (χ4n) is 1.72. The summed E-state index contributed by atoms with van der Waals surface area (Å²) in [7, 11) is -3.59. The predicted molar refractivity (Wildman–Crippen MR) is 78.3 cm³/mol. The molecule has 7 heteroatoms. The average Bonchev–Trinajstić information content (AvgIpc) is 2.43. The van der Waals surface area contributed by atoms with Crippen LogP contribution in [0.5, 0.6) is 0 Å². The van der Waals surface area contributed by atoms with Crippen LogP contribution >= 0.6 is 11.6 Å². The van der Waals surface area contributed by atoms with Crippen molar-refractivity contribution in [2.24, 2.45) is 0 Å². The number of nitrogens with zero attached hydrogens (tertiary/aromatic N) is 1. The summed E-state index contributed by atoms with van der Waals surface area (Å²) in [6.07, 6.45) is 0. The van der Waals surface area contributed by atoms with Gasteiger partial charge in [0.25, 0.3) is 0 Å². The summed E-state index contributed by atoms with van der Waals surface area (Å²) < 4.78 is 31.4. The summed E-state index contributed by atoms with van der Waals surface area (Å²) in [6.45, 7) is 4.97. The first-order valence-electron chi connectivity index (χ1n) is 6.44. The van der Waals surface area contributed by atoms with Crippen LogP contribution in [-0.4, -0.2) is 44.1 Å². The van der Waals surface area contributed by atoms with Crippen molar-refractivity contribution in [3.05, 3.63) is 28.8 Å². The van der Waals surface area contributed by atoms with E-state index in [9.17, 15) is 8.42 Å². The zero-order chi connectivity index (χ0) is 15.2. The van der Waals surface area contributed by atoms with E-state index < -0.39 is 10.0 Å². The number of aliphatic hydroxyl groups excluding tert-OH is 1. The van der Waals surface area contributed by atoms with Crippen molar-refractivity contribution in [2.75, 3.05) is 26.3 Å². The summed E-state index contributed by atoms with van der Waals surface area (Å²) in [4.78, 5) is 0.123. The van der Waals surface area contributed by atoms with Crippen molar-refractivity contribution >= 4 is 21.6 Å². The maximum atomic E-state index is 12.5. The molecule has 0 atom stereocenters. The Labute approximate surface area is 125 Å². The smallest absolute Gasteiger partial charge is 0.243 e. The second kappa shape index (κ2) is 7.95. The average molecular weight is 322 g/mol. The quantitative estimate of drug-likeness (QED) is 0.742. The summed E-state index contributed by atoms with van der Waals surface area (Å²) in [5.41, 5.74) is 0.503. The molecule has 1 aromatic carbocycles. The minimum Gasteiger partial charge on any atom is -0.392 e. The summed E-state index contributed by atoms with van der Waals surface area (Å²) in [6, 6.07) is 4.34. The number of hydrogen-bond acceptors (Lipinski definition) is 4. The molecule has 0 saturated heterocycles. The van der Waals surface area contributed by atoms with Crippen molar-refractivity contribution in [1.82, 2.24) is 4.31 Å². The lowest BCUT2D eigenvalue weighted by atomic mass is 10.2. The highest BCUT2D eigenvalue weighted by atomic mass is 35.5. The lowest BCUT2D eigenvalue weighted by Crippen LogP contribution is -2.34. The van der Waals surface area contributed by atoms with Gasteiger partial charge >= 0.3 is 0 Å². The molecule has 0 saturated carbocycles. The van der Waals surface area contributed by atoms with E-state index in [1.165, 1.54) is 22.5 Å². The van der Waals surface area contributed by atoms with Gasteiger partial charge in [0.05, 0.1) is 18.1 Å². The molecule has 0 aliphatic rings. The molecule has 0 fully saturated rings. The Kier molecular flexibility index (Phi) is 6.91. The second-order valence-electron chi connectivity index (χ2n) is 4.10. The van der Waals surface area contributed by atoms with Gasteiger partial charge in [0, 0.05) is 24.7 Å². The van der Waals surface area contributed by atoms with Gasteiger partial charge in [-0.3, -0.25) is 0 Å². The molecule has 0 heterocycles. The first-order valence-corrected chi connectivity index (χ1v) is 8.26. The van der Waals surface area contributed by atoms with E-state index in [4.69, 9.17) is 21.4 Å². The molecule has 0 amide bonds. The van der Waals surface area contributed by atoms with Crippen LogP contribution in [0.1, 0.15) is 19.4 Å². The van der Waals surface area contributed by atoms with Gasteiger partial charge in [-0.1, -0.05) is 24.6 Å². The molecule has 0 bridgehead atoms. The van der Waals surface area contributed by atoms with Crippen LogP contribution in [0.25, 0.3) is 0 Å². The van der Waals surface area contributed by atoms with Crippen molar-refractivity contribution < 1.29 is 18.3 Å². The van der Waals surface area contributed by atoms with Crippen LogP contribution < -0.4 is 0 Å². The number of rotatable bonds is 8. The van der Waals surface area contributed by atoms with Crippen LogP contribution in [-0.2, 0) is 21.4 Å². The van der Waals surface area contributed by atoms with E-state index in [0.717, 1.165) is 0 Å². The third-order valence-electron chi connectivity index (χ3n) is 2.87. The zero-order valence-electron chi connectivity index (χ0n) is 11.7. The Morgan fingerprint density at radius 1 is 1.35 bits per heavy atom. The van der Waals surface area contributed by atoms with Crippen LogP contribution in [0.4, 0.5) is 0 Å². The number of halogens is 1. The van der Waals surface area contributed by atoms with E-state index in [1.807, 2.05) is 6.92 Å². The Morgan fingerprint density at radius 3 is 2.55 bits per heavy atom. The minimum absolute atomic E-state index is 0.123. The lowest BCUT2D eigenvalue weighted by Gasteiger charge is -2.20. The van der Waals surface area contributed by atoms with Crippen LogP contribution in [0.3, 0.4) is 0 Å². The summed E-state index contributed by atoms with van der Waals surface area (Å²) >= 11 is 5.94. The molecule has 1 aromatic rings.